The lowest BCUT2D eigenvalue weighted by molar-refractivity contribution is -0.139. The van der Waals surface area contributed by atoms with Gasteiger partial charge in [0.05, 0.1) is 38.5 Å². The molecule has 0 aromatic heterocycles. The van der Waals surface area contributed by atoms with E-state index < -0.39 is 17.4 Å². The van der Waals surface area contributed by atoms with E-state index in [9.17, 15) is 24.6 Å². The van der Waals surface area contributed by atoms with Crippen molar-refractivity contribution in [2.24, 2.45) is 5.92 Å². The maximum atomic E-state index is 14.0. The van der Waals surface area contributed by atoms with Gasteiger partial charge in [0.1, 0.15) is 12.4 Å². The lowest BCUT2D eigenvalue weighted by Gasteiger charge is -2.36. The highest BCUT2D eigenvalue weighted by Gasteiger charge is 2.52. The molecule has 0 bridgehead atoms. The topological polar surface area (TPSA) is 120 Å². The number of hydrogen-bond acceptors (Lipinski definition) is 7. The van der Waals surface area contributed by atoms with Crippen molar-refractivity contribution in [1.29, 1.82) is 0 Å². The second-order valence-corrected chi connectivity index (χ2v) is 11.7. The number of methoxy groups -OCH3 is 1. The largest absolute Gasteiger partial charge is 0.497 e. The van der Waals surface area contributed by atoms with Gasteiger partial charge in [-0.15, -0.1) is 0 Å². The van der Waals surface area contributed by atoms with Gasteiger partial charge >= 0.3 is 6.09 Å². The summed E-state index contributed by atoms with van der Waals surface area (Å²) in [6.07, 6.45) is 3.67. The van der Waals surface area contributed by atoms with E-state index >= 15 is 0 Å². The lowest BCUT2D eigenvalue weighted by atomic mass is 9.82. The molecule has 1 fully saturated rings. The van der Waals surface area contributed by atoms with Gasteiger partial charge in [0.2, 0.25) is 5.91 Å². The van der Waals surface area contributed by atoms with Crippen molar-refractivity contribution < 1.29 is 34.1 Å². The van der Waals surface area contributed by atoms with Gasteiger partial charge in [0, 0.05) is 30.1 Å². The zero-order valence-corrected chi connectivity index (χ0v) is 25.4. The van der Waals surface area contributed by atoms with E-state index in [1.54, 1.807) is 52.0 Å². The Bertz CT molecular complexity index is 1640. The molecule has 0 aliphatic carbocycles. The van der Waals surface area contributed by atoms with E-state index in [1.165, 1.54) is 7.11 Å². The number of aliphatic hydroxyl groups is 2. The zero-order valence-electron chi connectivity index (χ0n) is 25.4. The SMILES string of the molecule is COc1ccc2c(c1)[C@](O)([C@@H](C)/C=C/CC(=O)N1Cc3ccccc3C[C@H]1CO)C(=O)N2Cc1ccc(N2CCOC2=O)cc1. The van der Waals surface area contributed by atoms with Crippen molar-refractivity contribution in [3.8, 4) is 5.75 Å². The monoisotopic (exact) mass is 611 g/mol. The van der Waals surface area contributed by atoms with Gasteiger partial charge < -0.3 is 29.5 Å². The van der Waals surface area contributed by atoms with Crippen LogP contribution in [-0.2, 0) is 39.4 Å². The highest BCUT2D eigenvalue weighted by molar-refractivity contribution is 6.07. The van der Waals surface area contributed by atoms with Crippen LogP contribution in [0.3, 0.4) is 0 Å². The summed E-state index contributed by atoms with van der Waals surface area (Å²) < 4.78 is 10.5. The van der Waals surface area contributed by atoms with Crippen LogP contribution in [0.2, 0.25) is 0 Å². The Morgan fingerprint density at radius 1 is 1.11 bits per heavy atom. The predicted molar refractivity (Wildman–Crippen MR) is 168 cm³/mol. The van der Waals surface area contributed by atoms with Crippen LogP contribution in [0.25, 0.3) is 0 Å². The first-order valence-electron chi connectivity index (χ1n) is 15.1. The molecule has 45 heavy (non-hydrogen) atoms. The van der Waals surface area contributed by atoms with E-state index in [2.05, 4.69) is 0 Å². The Morgan fingerprint density at radius 2 is 1.87 bits per heavy atom. The molecule has 0 spiro atoms. The van der Waals surface area contributed by atoms with Crippen molar-refractivity contribution in [1.82, 2.24) is 4.90 Å². The summed E-state index contributed by atoms with van der Waals surface area (Å²) in [4.78, 5) is 44.0. The van der Waals surface area contributed by atoms with Crippen LogP contribution in [-0.4, -0.2) is 65.9 Å². The maximum Gasteiger partial charge on any atom is 0.414 e. The average Bonchev–Trinajstić information content (AvgIpc) is 3.59. The van der Waals surface area contributed by atoms with Gasteiger partial charge in [-0.2, -0.15) is 0 Å². The number of anilines is 2. The van der Waals surface area contributed by atoms with Gasteiger partial charge in [0.15, 0.2) is 5.60 Å². The molecule has 0 unspecified atom stereocenters. The first-order valence-corrected chi connectivity index (χ1v) is 15.1. The van der Waals surface area contributed by atoms with Crippen LogP contribution in [0.15, 0.2) is 78.9 Å². The molecule has 10 heteroatoms. The maximum absolute atomic E-state index is 14.0. The Balaban J connectivity index is 1.20. The number of nitrogens with zero attached hydrogens (tertiary/aromatic N) is 3. The molecule has 10 nitrogen and oxygen atoms in total. The first-order chi connectivity index (χ1) is 21.7. The molecular weight excluding hydrogens is 574 g/mol. The van der Waals surface area contributed by atoms with Gasteiger partial charge in [0.25, 0.3) is 5.91 Å². The fraction of sp³-hybridized carbons (Fsp3) is 0.343. The van der Waals surface area contributed by atoms with Crippen LogP contribution >= 0.6 is 0 Å². The summed E-state index contributed by atoms with van der Waals surface area (Å²) in [6, 6.07) is 20.2. The van der Waals surface area contributed by atoms with Crippen LogP contribution in [0.1, 0.15) is 35.6 Å². The molecular formula is C35H37N3O7. The molecule has 3 atom stereocenters. The highest BCUT2D eigenvalue weighted by Crippen LogP contribution is 2.47. The van der Waals surface area contributed by atoms with Crippen molar-refractivity contribution in [3.63, 3.8) is 0 Å². The number of rotatable bonds is 9. The zero-order chi connectivity index (χ0) is 31.7. The third kappa shape index (κ3) is 5.55. The molecule has 3 aromatic carbocycles. The van der Waals surface area contributed by atoms with E-state index in [0.29, 0.717) is 48.8 Å². The fourth-order valence-corrected chi connectivity index (χ4v) is 6.47. The fourth-order valence-electron chi connectivity index (χ4n) is 6.47. The van der Waals surface area contributed by atoms with E-state index in [1.807, 2.05) is 48.5 Å². The Hall–Kier alpha value is -4.67. The second kappa shape index (κ2) is 12.4. The van der Waals surface area contributed by atoms with Crippen LogP contribution in [0.4, 0.5) is 16.2 Å². The van der Waals surface area contributed by atoms with Crippen LogP contribution in [0, 0.1) is 5.92 Å². The Kier molecular flexibility index (Phi) is 8.35. The summed E-state index contributed by atoms with van der Waals surface area (Å²) in [5.74, 6) is -0.774. The molecule has 3 amide bonds. The standard InChI is InChI=1S/C35H37N3O7/c1-23(6-5-9-32(40)37-21-26-8-4-3-7-25(26)18-28(37)22-39)35(43)30-19-29(44-2)14-15-31(30)38(33(35)41)20-24-10-12-27(13-11-24)36-16-17-45-34(36)42/h3-8,10-15,19,23,28,39,43H,9,16-18,20-22H2,1-2H3/b6-5+/t23-,28-,35+/m0/s1. The number of cyclic esters (lactones) is 1. The molecule has 234 valence electrons. The number of fused-ring (bicyclic) bond motifs is 2. The summed E-state index contributed by atoms with van der Waals surface area (Å²) >= 11 is 0. The normalized spacial score (nSPS) is 21.6. The van der Waals surface area contributed by atoms with E-state index in [-0.39, 0.29) is 37.6 Å². The number of carbonyl (C=O) groups excluding carboxylic acids is 3. The van der Waals surface area contributed by atoms with Gasteiger partial charge in [-0.3, -0.25) is 14.5 Å². The molecule has 2 N–H and O–H groups in total. The van der Waals surface area contributed by atoms with Gasteiger partial charge in [-0.25, -0.2) is 4.79 Å². The predicted octanol–water partition coefficient (Wildman–Crippen LogP) is 3.91. The van der Waals surface area contributed by atoms with Crippen molar-refractivity contribution >= 4 is 29.3 Å². The highest BCUT2D eigenvalue weighted by atomic mass is 16.6. The molecule has 3 aliphatic rings. The molecule has 6 rings (SSSR count). The molecule has 3 aromatic rings. The minimum Gasteiger partial charge on any atom is -0.497 e. The third-order valence-electron chi connectivity index (χ3n) is 9.09. The van der Waals surface area contributed by atoms with Crippen LogP contribution < -0.4 is 14.5 Å². The second-order valence-electron chi connectivity index (χ2n) is 11.7. The summed E-state index contributed by atoms with van der Waals surface area (Å²) in [5, 5.41) is 22.1. The smallest absolute Gasteiger partial charge is 0.414 e. The summed E-state index contributed by atoms with van der Waals surface area (Å²) in [7, 11) is 1.53. The molecule has 0 saturated carbocycles. The minimum atomic E-state index is -1.89. The number of ether oxygens (including phenoxy) is 2. The summed E-state index contributed by atoms with van der Waals surface area (Å²) in [6.45, 7) is 3.09. The van der Waals surface area contributed by atoms with Gasteiger partial charge in [-0.1, -0.05) is 55.5 Å². The number of hydrogen-bond donors (Lipinski definition) is 2. The van der Waals surface area contributed by atoms with E-state index in [4.69, 9.17) is 9.47 Å². The van der Waals surface area contributed by atoms with Gasteiger partial charge in [-0.05, 0) is 53.4 Å². The number of aliphatic hydroxyl groups excluding tert-OH is 1. The molecule has 1 saturated heterocycles. The molecule has 0 radical (unpaired) electrons. The van der Waals surface area contributed by atoms with Crippen molar-refractivity contribution in [2.75, 3.05) is 36.7 Å². The Morgan fingerprint density at radius 3 is 2.56 bits per heavy atom. The van der Waals surface area contributed by atoms with Crippen LogP contribution in [0.5, 0.6) is 5.75 Å². The number of amides is 3. The third-order valence-corrected chi connectivity index (χ3v) is 9.09. The number of benzene rings is 3. The van der Waals surface area contributed by atoms with Crippen molar-refractivity contribution in [3.05, 3.63) is 101 Å². The molecule has 3 heterocycles. The van der Waals surface area contributed by atoms with E-state index in [0.717, 1.165) is 16.7 Å². The quantitative estimate of drug-likeness (QED) is 0.352. The molecule has 3 aliphatic heterocycles. The minimum absolute atomic E-state index is 0.0683. The average molecular weight is 612 g/mol. The number of carbonyl (C=O) groups is 3. The first kappa shape index (κ1) is 30.4. The Labute approximate surface area is 262 Å². The summed E-state index contributed by atoms with van der Waals surface area (Å²) in [5.41, 5.74) is 2.85. The lowest BCUT2D eigenvalue weighted by Crippen LogP contribution is -2.46. The van der Waals surface area contributed by atoms with Crippen molar-refractivity contribution in [2.45, 2.75) is 44.5 Å².